The summed E-state index contributed by atoms with van der Waals surface area (Å²) in [4.78, 5) is 38.5. The van der Waals surface area contributed by atoms with Gasteiger partial charge in [-0.2, -0.15) is 0 Å². The Morgan fingerprint density at radius 1 is 1.06 bits per heavy atom. The first kappa shape index (κ1) is 22.4. The van der Waals surface area contributed by atoms with E-state index in [1.54, 1.807) is 0 Å². The van der Waals surface area contributed by atoms with Crippen LogP contribution in [0.2, 0.25) is 0 Å². The monoisotopic (exact) mass is 458 g/mol. The van der Waals surface area contributed by atoms with E-state index in [0.717, 1.165) is 17.7 Å². The van der Waals surface area contributed by atoms with Crippen molar-refractivity contribution in [2.45, 2.75) is 68.3 Å². The molecule has 0 bridgehead atoms. The minimum absolute atomic E-state index is 0.165. The van der Waals surface area contributed by atoms with Crippen LogP contribution in [0.4, 0.5) is 0 Å². The van der Waals surface area contributed by atoms with Gasteiger partial charge in [-0.3, -0.25) is 14.4 Å². The summed E-state index contributed by atoms with van der Waals surface area (Å²) in [7, 11) is 1.31. The highest BCUT2D eigenvalue weighted by Crippen LogP contribution is 2.57. The van der Waals surface area contributed by atoms with E-state index in [1.807, 2.05) is 37.3 Å². The van der Waals surface area contributed by atoms with Crippen molar-refractivity contribution in [1.29, 1.82) is 0 Å². The predicted octanol–water partition coefficient (Wildman–Crippen LogP) is 1.62. The number of ether oxygens (including phenoxy) is 6. The van der Waals surface area contributed by atoms with E-state index in [0.29, 0.717) is 19.4 Å². The molecule has 3 unspecified atom stereocenters. The summed E-state index contributed by atoms with van der Waals surface area (Å²) in [6.07, 6.45) is 1.62. The third-order valence-corrected chi connectivity index (χ3v) is 6.93. The first-order chi connectivity index (χ1) is 15.9. The summed E-state index contributed by atoms with van der Waals surface area (Å²) in [5.41, 5.74) is -2.88. The molecule has 9 nitrogen and oxygen atoms in total. The molecule has 1 aromatic rings. The SMILES string of the molecule is CO[C@@]12CC(=O)O[C@@]13C(=O)C=CC(=O)[C@@]3(OC1CCC(OCc3ccccc3)C(C)O1)CO2. The summed E-state index contributed by atoms with van der Waals surface area (Å²) in [6.45, 7) is 2.02. The van der Waals surface area contributed by atoms with E-state index >= 15 is 0 Å². The lowest BCUT2D eigenvalue weighted by atomic mass is 9.70. The van der Waals surface area contributed by atoms with Gasteiger partial charge in [-0.05, 0) is 31.1 Å². The average Bonchev–Trinajstić information content (AvgIpc) is 3.26. The molecule has 3 aliphatic heterocycles. The van der Waals surface area contributed by atoms with E-state index in [1.165, 1.54) is 7.11 Å². The van der Waals surface area contributed by atoms with Crippen LogP contribution in [-0.4, -0.2) is 66.7 Å². The van der Waals surface area contributed by atoms with Crippen molar-refractivity contribution in [3.05, 3.63) is 48.0 Å². The zero-order chi connectivity index (χ0) is 23.3. The molecule has 0 saturated carbocycles. The predicted molar refractivity (Wildman–Crippen MR) is 111 cm³/mol. The number of ketones is 2. The van der Waals surface area contributed by atoms with E-state index in [9.17, 15) is 14.4 Å². The maximum atomic E-state index is 13.2. The van der Waals surface area contributed by atoms with Gasteiger partial charge in [-0.15, -0.1) is 0 Å². The molecule has 4 aliphatic rings. The van der Waals surface area contributed by atoms with Crippen molar-refractivity contribution in [1.82, 2.24) is 0 Å². The summed E-state index contributed by atoms with van der Waals surface area (Å²) < 4.78 is 35.1. The summed E-state index contributed by atoms with van der Waals surface area (Å²) in [6, 6.07) is 9.83. The highest BCUT2D eigenvalue weighted by atomic mass is 16.8. The number of rotatable bonds is 6. The van der Waals surface area contributed by atoms with Crippen LogP contribution in [0, 0.1) is 0 Å². The van der Waals surface area contributed by atoms with Crippen molar-refractivity contribution < 1.29 is 42.8 Å². The van der Waals surface area contributed by atoms with Crippen LogP contribution in [-0.2, 0) is 49.4 Å². The Labute approximate surface area is 190 Å². The quantitative estimate of drug-likeness (QED) is 0.588. The minimum Gasteiger partial charge on any atom is -0.441 e. The first-order valence-electron chi connectivity index (χ1n) is 11.0. The van der Waals surface area contributed by atoms with Gasteiger partial charge in [0.1, 0.15) is 6.42 Å². The van der Waals surface area contributed by atoms with Gasteiger partial charge in [-0.25, -0.2) is 0 Å². The topological polar surface area (TPSA) is 107 Å². The van der Waals surface area contributed by atoms with Gasteiger partial charge < -0.3 is 28.4 Å². The highest BCUT2D eigenvalue weighted by molar-refractivity contribution is 6.17. The van der Waals surface area contributed by atoms with Gasteiger partial charge >= 0.3 is 5.97 Å². The number of carbonyl (C=O) groups excluding carboxylic acids is 3. The Kier molecular flexibility index (Phi) is 5.49. The second-order valence-electron chi connectivity index (χ2n) is 8.77. The Balaban J connectivity index is 1.34. The molecule has 6 atom stereocenters. The summed E-state index contributed by atoms with van der Waals surface area (Å²) >= 11 is 0. The van der Waals surface area contributed by atoms with Crippen LogP contribution >= 0.6 is 0 Å². The molecule has 0 aromatic heterocycles. The molecule has 0 radical (unpaired) electrons. The zero-order valence-corrected chi connectivity index (χ0v) is 18.5. The zero-order valence-electron chi connectivity index (χ0n) is 18.5. The Bertz CT molecular complexity index is 991. The Morgan fingerprint density at radius 2 is 1.82 bits per heavy atom. The molecule has 5 rings (SSSR count). The molecule has 3 fully saturated rings. The van der Waals surface area contributed by atoms with Crippen LogP contribution in [0.3, 0.4) is 0 Å². The molecule has 3 saturated heterocycles. The van der Waals surface area contributed by atoms with Gasteiger partial charge in [0.2, 0.25) is 17.2 Å². The second-order valence-corrected chi connectivity index (χ2v) is 8.77. The van der Waals surface area contributed by atoms with Crippen LogP contribution in [0.25, 0.3) is 0 Å². The lowest BCUT2D eigenvalue weighted by molar-refractivity contribution is -0.289. The van der Waals surface area contributed by atoms with Crippen molar-refractivity contribution in [3.8, 4) is 0 Å². The fourth-order valence-electron chi connectivity index (χ4n) is 5.23. The number of esters is 1. The Hall–Kier alpha value is -2.43. The number of methoxy groups -OCH3 is 1. The third-order valence-electron chi connectivity index (χ3n) is 6.93. The molecular formula is C24H26O9. The number of hydrogen-bond acceptors (Lipinski definition) is 9. The fourth-order valence-corrected chi connectivity index (χ4v) is 5.23. The molecule has 0 amide bonds. The molecule has 1 spiro atoms. The highest BCUT2D eigenvalue weighted by Gasteiger charge is 2.84. The fraction of sp³-hybridized carbons (Fsp3) is 0.542. The van der Waals surface area contributed by atoms with Crippen molar-refractivity contribution in [3.63, 3.8) is 0 Å². The third kappa shape index (κ3) is 3.22. The molecule has 1 aliphatic carbocycles. The van der Waals surface area contributed by atoms with Gasteiger partial charge in [0, 0.05) is 13.5 Å². The van der Waals surface area contributed by atoms with Crippen LogP contribution in [0.1, 0.15) is 31.7 Å². The minimum atomic E-state index is -2.05. The maximum absolute atomic E-state index is 13.2. The summed E-state index contributed by atoms with van der Waals surface area (Å²) in [5, 5.41) is 0. The van der Waals surface area contributed by atoms with Gasteiger partial charge in [0.25, 0.3) is 5.60 Å². The van der Waals surface area contributed by atoms with E-state index in [4.69, 9.17) is 28.4 Å². The van der Waals surface area contributed by atoms with Crippen molar-refractivity contribution in [2.75, 3.05) is 13.7 Å². The molecule has 1 aromatic carbocycles. The standard InChI is InChI=1S/C24H26O9/c1-15-17(29-13-16-6-4-3-5-7-16)8-11-21(31-15)33-22-14-30-23(28-2)12-20(27)32-24(22,23)19(26)10-9-18(22)25/h3-7,9-10,15,17,21H,8,11-14H2,1-2H3/t15?,17?,21?,22-,23+,24+/m0/s1. The lowest BCUT2D eigenvalue weighted by Crippen LogP contribution is -2.72. The number of hydrogen-bond donors (Lipinski definition) is 0. The smallest absolute Gasteiger partial charge is 0.312 e. The van der Waals surface area contributed by atoms with Crippen molar-refractivity contribution in [2.24, 2.45) is 0 Å². The average molecular weight is 458 g/mol. The Morgan fingerprint density at radius 3 is 2.55 bits per heavy atom. The first-order valence-corrected chi connectivity index (χ1v) is 11.0. The molecule has 9 heteroatoms. The molecule has 3 heterocycles. The largest absolute Gasteiger partial charge is 0.441 e. The molecule has 176 valence electrons. The van der Waals surface area contributed by atoms with Crippen LogP contribution in [0.15, 0.2) is 42.5 Å². The van der Waals surface area contributed by atoms with Gasteiger partial charge in [0.15, 0.2) is 12.1 Å². The second kappa shape index (κ2) is 8.11. The molecular weight excluding hydrogens is 432 g/mol. The van der Waals surface area contributed by atoms with Crippen LogP contribution in [0.5, 0.6) is 0 Å². The van der Waals surface area contributed by atoms with Crippen LogP contribution < -0.4 is 0 Å². The maximum Gasteiger partial charge on any atom is 0.312 e. The van der Waals surface area contributed by atoms with Crippen molar-refractivity contribution >= 4 is 17.5 Å². The van der Waals surface area contributed by atoms with E-state index < -0.39 is 40.8 Å². The number of carbonyl (C=O) groups is 3. The summed E-state index contributed by atoms with van der Waals surface area (Å²) in [5.74, 6) is -3.58. The molecule has 33 heavy (non-hydrogen) atoms. The van der Waals surface area contributed by atoms with E-state index in [-0.39, 0.29) is 25.2 Å². The van der Waals surface area contributed by atoms with Gasteiger partial charge in [-0.1, -0.05) is 30.3 Å². The number of benzene rings is 1. The van der Waals surface area contributed by atoms with E-state index in [2.05, 4.69) is 0 Å². The van der Waals surface area contributed by atoms with Gasteiger partial charge in [0.05, 0.1) is 25.4 Å². The molecule has 0 N–H and O–H groups in total. The normalized spacial score (nSPS) is 39.9. The lowest BCUT2D eigenvalue weighted by Gasteiger charge is -2.45.